The third-order valence-electron chi connectivity index (χ3n) is 2.33. The van der Waals surface area contributed by atoms with Crippen LogP contribution in [-0.2, 0) is 6.54 Å². The second-order valence-corrected chi connectivity index (χ2v) is 4.14. The van der Waals surface area contributed by atoms with Crippen LogP contribution in [-0.4, -0.2) is 21.0 Å². The minimum atomic E-state index is -0.305. The molecule has 1 N–H and O–H groups in total. The van der Waals surface area contributed by atoms with Gasteiger partial charge in [-0.1, -0.05) is 31.2 Å². The van der Waals surface area contributed by atoms with Crippen molar-refractivity contribution >= 4 is 0 Å². The summed E-state index contributed by atoms with van der Waals surface area (Å²) >= 11 is 0. The van der Waals surface area contributed by atoms with E-state index in [9.17, 15) is 4.39 Å². The van der Waals surface area contributed by atoms with Crippen molar-refractivity contribution in [1.29, 1.82) is 0 Å². The molecule has 0 aliphatic heterocycles. The molecule has 90 valence electrons. The summed E-state index contributed by atoms with van der Waals surface area (Å²) in [6, 6.07) is 6.88. The number of nitrogens with zero attached hydrogens (tertiary/aromatic N) is 3. The quantitative estimate of drug-likeness (QED) is 0.878. The van der Waals surface area contributed by atoms with Crippen LogP contribution in [0.15, 0.2) is 30.5 Å². The van der Waals surface area contributed by atoms with Crippen LogP contribution in [0.25, 0.3) is 5.69 Å². The van der Waals surface area contributed by atoms with Crippen molar-refractivity contribution in [2.45, 2.75) is 26.4 Å². The number of hydrogen-bond donors (Lipinski definition) is 1. The van der Waals surface area contributed by atoms with E-state index in [0.717, 1.165) is 5.69 Å². The SMILES string of the molecule is CC(C)NCc1cn(-c2ccccc2F)nn1. The van der Waals surface area contributed by atoms with Crippen molar-refractivity contribution in [3.8, 4) is 5.69 Å². The molecule has 0 aliphatic rings. The highest BCUT2D eigenvalue weighted by atomic mass is 19.1. The molecular weight excluding hydrogens is 219 g/mol. The fourth-order valence-corrected chi connectivity index (χ4v) is 1.44. The van der Waals surface area contributed by atoms with Crippen molar-refractivity contribution in [3.05, 3.63) is 42.0 Å². The van der Waals surface area contributed by atoms with E-state index >= 15 is 0 Å². The fraction of sp³-hybridized carbons (Fsp3) is 0.333. The summed E-state index contributed by atoms with van der Waals surface area (Å²) in [5, 5.41) is 11.1. The first-order valence-electron chi connectivity index (χ1n) is 5.56. The molecule has 1 aromatic heterocycles. The van der Waals surface area contributed by atoms with Gasteiger partial charge in [0.25, 0.3) is 0 Å². The Balaban J connectivity index is 2.16. The molecule has 0 unspecified atom stereocenters. The van der Waals surface area contributed by atoms with E-state index < -0.39 is 0 Å². The van der Waals surface area contributed by atoms with Gasteiger partial charge >= 0.3 is 0 Å². The molecule has 0 saturated heterocycles. The van der Waals surface area contributed by atoms with Gasteiger partial charge in [-0.05, 0) is 12.1 Å². The summed E-state index contributed by atoms with van der Waals surface area (Å²) in [5.74, 6) is -0.305. The van der Waals surface area contributed by atoms with Gasteiger partial charge in [0.15, 0.2) is 0 Å². The first-order valence-corrected chi connectivity index (χ1v) is 5.56. The van der Waals surface area contributed by atoms with E-state index in [1.54, 1.807) is 24.4 Å². The topological polar surface area (TPSA) is 42.7 Å². The Bertz CT molecular complexity index is 493. The van der Waals surface area contributed by atoms with Gasteiger partial charge in [-0.2, -0.15) is 0 Å². The molecule has 0 aliphatic carbocycles. The lowest BCUT2D eigenvalue weighted by Crippen LogP contribution is -2.21. The maximum atomic E-state index is 13.5. The van der Waals surface area contributed by atoms with Crippen LogP contribution >= 0.6 is 0 Å². The minimum absolute atomic E-state index is 0.305. The molecule has 0 bridgehead atoms. The number of halogens is 1. The van der Waals surface area contributed by atoms with Crippen LogP contribution in [0.4, 0.5) is 4.39 Å². The van der Waals surface area contributed by atoms with Crippen molar-refractivity contribution < 1.29 is 4.39 Å². The lowest BCUT2D eigenvalue weighted by Gasteiger charge is -2.04. The molecule has 0 saturated carbocycles. The molecule has 1 heterocycles. The maximum Gasteiger partial charge on any atom is 0.148 e. The molecule has 0 amide bonds. The number of aromatic nitrogens is 3. The van der Waals surface area contributed by atoms with Crippen LogP contribution in [0.2, 0.25) is 0 Å². The molecule has 2 rings (SSSR count). The van der Waals surface area contributed by atoms with Gasteiger partial charge < -0.3 is 5.32 Å². The summed E-state index contributed by atoms with van der Waals surface area (Å²) in [6.07, 6.45) is 1.73. The normalized spacial score (nSPS) is 11.1. The second kappa shape index (κ2) is 5.05. The van der Waals surface area contributed by atoms with Crippen LogP contribution in [0.3, 0.4) is 0 Å². The molecule has 0 fully saturated rings. The Morgan fingerprint density at radius 3 is 2.82 bits per heavy atom. The monoisotopic (exact) mass is 234 g/mol. The second-order valence-electron chi connectivity index (χ2n) is 4.14. The maximum absolute atomic E-state index is 13.5. The number of benzene rings is 1. The zero-order valence-electron chi connectivity index (χ0n) is 9.89. The summed E-state index contributed by atoms with van der Waals surface area (Å²) < 4.78 is 14.9. The Hall–Kier alpha value is -1.75. The first-order chi connectivity index (χ1) is 8.16. The molecule has 4 nitrogen and oxygen atoms in total. The lowest BCUT2D eigenvalue weighted by molar-refractivity contribution is 0.580. The van der Waals surface area contributed by atoms with Crippen LogP contribution in [0.1, 0.15) is 19.5 Å². The molecule has 5 heteroatoms. The summed E-state index contributed by atoms with van der Waals surface area (Å²) in [4.78, 5) is 0. The van der Waals surface area contributed by atoms with Crippen LogP contribution < -0.4 is 5.32 Å². The largest absolute Gasteiger partial charge is 0.309 e. The highest BCUT2D eigenvalue weighted by Gasteiger charge is 2.06. The Labute approximate surface area is 99.5 Å². The zero-order chi connectivity index (χ0) is 12.3. The van der Waals surface area contributed by atoms with E-state index in [0.29, 0.717) is 18.3 Å². The van der Waals surface area contributed by atoms with Crippen molar-refractivity contribution in [2.24, 2.45) is 0 Å². The Morgan fingerprint density at radius 2 is 2.12 bits per heavy atom. The number of rotatable bonds is 4. The molecule has 0 spiro atoms. The zero-order valence-corrected chi connectivity index (χ0v) is 9.89. The standard InChI is InChI=1S/C12H15FN4/c1-9(2)14-7-10-8-17(16-15-10)12-6-4-3-5-11(12)13/h3-6,8-9,14H,7H2,1-2H3. The predicted octanol–water partition coefficient (Wildman–Crippen LogP) is 1.90. The van der Waals surface area contributed by atoms with E-state index in [4.69, 9.17) is 0 Å². The molecule has 0 radical (unpaired) electrons. The van der Waals surface area contributed by atoms with E-state index in [2.05, 4.69) is 29.5 Å². The number of nitrogens with one attached hydrogen (secondary N) is 1. The van der Waals surface area contributed by atoms with E-state index in [1.807, 2.05) is 0 Å². The van der Waals surface area contributed by atoms with Gasteiger partial charge in [0.1, 0.15) is 11.5 Å². The smallest absolute Gasteiger partial charge is 0.148 e. The van der Waals surface area contributed by atoms with Crippen molar-refractivity contribution in [3.63, 3.8) is 0 Å². The molecule has 1 aromatic carbocycles. The van der Waals surface area contributed by atoms with Gasteiger partial charge in [0.2, 0.25) is 0 Å². The molecule has 0 atom stereocenters. The van der Waals surface area contributed by atoms with Gasteiger partial charge in [0.05, 0.1) is 11.9 Å². The summed E-state index contributed by atoms with van der Waals surface area (Å²) in [5.41, 5.74) is 1.21. The molecule has 17 heavy (non-hydrogen) atoms. The summed E-state index contributed by atoms with van der Waals surface area (Å²) in [7, 11) is 0. The summed E-state index contributed by atoms with van der Waals surface area (Å²) in [6.45, 7) is 4.74. The third kappa shape index (κ3) is 2.88. The van der Waals surface area contributed by atoms with Crippen molar-refractivity contribution in [1.82, 2.24) is 20.3 Å². The minimum Gasteiger partial charge on any atom is -0.309 e. The highest BCUT2D eigenvalue weighted by molar-refractivity contribution is 5.32. The average molecular weight is 234 g/mol. The van der Waals surface area contributed by atoms with Gasteiger partial charge in [-0.25, -0.2) is 9.07 Å². The van der Waals surface area contributed by atoms with Crippen LogP contribution in [0, 0.1) is 5.82 Å². The van der Waals surface area contributed by atoms with E-state index in [1.165, 1.54) is 10.7 Å². The average Bonchev–Trinajstić information content (AvgIpc) is 2.75. The van der Waals surface area contributed by atoms with Gasteiger partial charge in [-0.15, -0.1) is 5.10 Å². The number of hydrogen-bond acceptors (Lipinski definition) is 3. The third-order valence-corrected chi connectivity index (χ3v) is 2.33. The lowest BCUT2D eigenvalue weighted by atomic mass is 10.3. The molecule has 2 aromatic rings. The predicted molar refractivity (Wildman–Crippen MR) is 63.3 cm³/mol. The number of para-hydroxylation sites is 1. The van der Waals surface area contributed by atoms with Gasteiger partial charge in [-0.3, -0.25) is 0 Å². The van der Waals surface area contributed by atoms with Crippen LogP contribution in [0.5, 0.6) is 0 Å². The van der Waals surface area contributed by atoms with E-state index in [-0.39, 0.29) is 5.82 Å². The molecular formula is C12H15FN4. The Morgan fingerprint density at radius 1 is 1.35 bits per heavy atom. The Kier molecular flexibility index (Phi) is 3.49. The van der Waals surface area contributed by atoms with Gasteiger partial charge in [0, 0.05) is 12.6 Å². The highest BCUT2D eigenvalue weighted by Crippen LogP contribution is 2.11. The fourth-order valence-electron chi connectivity index (χ4n) is 1.44. The first kappa shape index (κ1) is 11.7. The van der Waals surface area contributed by atoms with Crippen molar-refractivity contribution in [2.75, 3.05) is 0 Å².